The van der Waals surface area contributed by atoms with Gasteiger partial charge in [-0.2, -0.15) is 0 Å². The number of azide groups is 1. The first kappa shape index (κ1) is 64.2. The van der Waals surface area contributed by atoms with Crippen molar-refractivity contribution >= 4 is 0 Å². The van der Waals surface area contributed by atoms with Crippen LogP contribution in [-0.2, 0) is 9.47 Å². The molecule has 0 amide bonds. The summed E-state index contributed by atoms with van der Waals surface area (Å²) < 4.78 is 11.5. The van der Waals surface area contributed by atoms with Gasteiger partial charge in [-0.1, -0.05) is 248 Å². The van der Waals surface area contributed by atoms with Crippen molar-refractivity contribution in [2.75, 3.05) is 26.4 Å². The van der Waals surface area contributed by atoms with Crippen LogP contribution in [0.5, 0.6) is 0 Å². The van der Waals surface area contributed by atoms with E-state index >= 15 is 0 Å². The minimum atomic E-state index is -0.264. The largest absolute Gasteiger partial charge is 0.391 e. The first-order valence-corrected chi connectivity index (χ1v) is 28.1. The Hall–Kier alpha value is -1.85. The van der Waals surface area contributed by atoms with Crippen molar-refractivity contribution in [3.05, 3.63) is 59.1 Å². The maximum Gasteiger partial charge on any atom is 0.0773 e. The molecule has 0 aliphatic heterocycles. The van der Waals surface area contributed by atoms with Gasteiger partial charge in [-0.25, -0.2) is 0 Å². The highest BCUT2D eigenvalue weighted by Gasteiger charge is 2.07. The second-order valence-corrected chi connectivity index (χ2v) is 18.7. The fourth-order valence-electron chi connectivity index (χ4n) is 7.83. The molecule has 0 unspecified atom stereocenters. The van der Waals surface area contributed by atoms with Crippen LogP contribution in [0.4, 0.5) is 0 Å². The summed E-state index contributed by atoms with van der Waals surface area (Å²) in [6, 6.07) is 0.00949. The maximum atomic E-state index is 9.99. The summed E-state index contributed by atoms with van der Waals surface area (Å²) in [4.78, 5) is 3.01. The number of aliphatic hydroxyl groups is 1. The molecule has 0 rings (SSSR count). The van der Waals surface area contributed by atoms with Crippen molar-refractivity contribution in [2.45, 2.75) is 297 Å². The van der Waals surface area contributed by atoms with E-state index in [4.69, 9.17) is 15.0 Å². The monoisotopic (exact) mass is 898 g/mol. The average molecular weight is 899 g/mol. The fraction of sp³-hybridized carbons (Fsp3) is 0.862. The van der Waals surface area contributed by atoms with Gasteiger partial charge in [0, 0.05) is 18.1 Å². The molecule has 0 bridgehead atoms. The van der Waals surface area contributed by atoms with Gasteiger partial charge in [0.2, 0.25) is 0 Å². The Kier molecular flexibility index (Phi) is 61.4. The third-order valence-electron chi connectivity index (χ3n) is 12.1. The van der Waals surface area contributed by atoms with E-state index in [0.717, 1.165) is 64.6 Å². The van der Waals surface area contributed by atoms with Gasteiger partial charge in [-0.3, -0.25) is 0 Å². The Balaban J connectivity index is 0. The summed E-state index contributed by atoms with van der Waals surface area (Å²) in [5.41, 5.74) is 8.78. The van der Waals surface area contributed by atoms with E-state index in [-0.39, 0.29) is 12.1 Å². The van der Waals surface area contributed by atoms with Crippen LogP contribution >= 0.6 is 0 Å². The Labute approximate surface area is 400 Å². The third kappa shape index (κ3) is 60.2. The molecule has 1 N–H and O–H groups in total. The summed E-state index contributed by atoms with van der Waals surface area (Å²) in [5.74, 6) is 0. The highest BCUT2D eigenvalue weighted by Crippen LogP contribution is 2.14. The van der Waals surface area contributed by atoms with Crippen molar-refractivity contribution in [2.24, 2.45) is 5.11 Å². The molecule has 0 aliphatic rings. The molecule has 0 aromatic rings. The Morgan fingerprint density at radius 1 is 0.391 bits per heavy atom. The van der Waals surface area contributed by atoms with Crippen LogP contribution in [0.2, 0.25) is 0 Å². The van der Waals surface area contributed by atoms with Crippen molar-refractivity contribution < 1.29 is 14.6 Å². The van der Waals surface area contributed by atoms with Gasteiger partial charge in [0.15, 0.2) is 0 Å². The van der Waals surface area contributed by atoms with E-state index in [1.807, 2.05) is 0 Å². The van der Waals surface area contributed by atoms with Gasteiger partial charge in [0.1, 0.15) is 0 Å². The van der Waals surface area contributed by atoms with E-state index in [1.54, 1.807) is 0 Å². The second-order valence-electron chi connectivity index (χ2n) is 18.7. The predicted molar refractivity (Wildman–Crippen MR) is 285 cm³/mol. The maximum absolute atomic E-state index is 9.99. The second kappa shape index (κ2) is 61.1. The molecule has 0 spiro atoms. The van der Waals surface area contributed by atoms with Crippen LogP contribution in [0.15, 0.2) is 53.7 Å². The molecule has 64 heavy (non-hydrogen) atoms. The highest BCUT2D eigenvalue weighted by molar-refractivity contribution is 4.93. The number of nitrogens with zero attached hydrogens (tertiary/aromatic N) is 3. The van der Waals surface area contributed by atoms with Crippen molar-refractivity contribution in [3.8, 4) is 0 Å². The van der Waals surface area contributed by atoms with Crippen LogP contribution in [-0.4, -0.2) is 43.7 Å². The Morgan fingerprint density at radius 3 is 1.11 bits per heavy atom. The van der Waals surface area contributed by atoms with Gasteiger partial charge in [-0.05, 0) is 95.4 Å². The molecule has 2 atom stereocenters. The van der Waals surface area contributed by atoms with Crippen molar-refractivity contribution in [3.63, 3.8) is 0 Å². The number of rotatable bonds is 51. The summed E-state index contributed by atoms with van der Waals surface area (Å²) in [7, 11) is 0. The topological polar surface area (TPSA) is 87.5 Å². The van der Waals surface area contributed by atoms with Gasteiger partial charge < -0.3 is 14.6 Å². The zero-order valence-corrected chi connectivity index (χ0v) is 43.5. The van der Waals surface area contributed by atoms with Crippen LogP contribution in [0.25, 0.3) is 10.4 Å². The number of hydrogen-bond acceptors (Lipinski definition) is 4. The standard InChI is InChI=1S/C29H55N3O.C29H56O2/c1-3-5-7-9-11-12-13-14-15-16-17-18-19-21-23-25-27-33-28-29(31-32-30)26-24-22-20-10-8-6-4-2;1-3-5-7-9-11-12-13-14-15-16-17-18-19-21-23-25-27-31-28-29(30)26-24-22-20-10-8-6-4-2/h11-12,14-15,29H,3-10,13,16-28H2,1-2H3;11-12,14-15,29-30H,3-10,13,16-28H2,1-2H3/b2*12-11-,15-14-/t2*29-/m01/s1. The zero-order valence-electron chi connectivity index (χ0n) is 43.5. The van der Waals surface area contributed by atoms with Gasteiger partial charge in [0.25, 0.3) is 0 Å². The quantitative estimate of drug-likeness (QED) is 0.0217. The molecule has 0 saturated heterocycles. The Morgan fingerprint density at radius 2 is 0.703 bits per heavy atom. The normalized spacial score (nSPS) is 12.8. The molecule has 0 fully saturated rings. The number of allylic oxidation sites excluding steroid dienone is 8. The lowest BCUT2D eigenvalue weighted by Gasteiger charge is -2.11. The number of unbranched alkanes of at least 4 members (excludes halogenated alkanes) is 30. The fourth-order valence-corrected chi connectivity index (χ4v) is 7.83. The summed E-state index contributed by atoms with van der Waals surface area (Å²) in [6.45, 7) is 11.7. The summed E-state index contributed by atoms with van der Waals surface area (Å²) >= 11 is 0. The smallest absolute Gasteiger partial charge is 0.0773 e. The van der Waals surface area contributed by atoms with Gasteiger partial charge in [-0.15, -0.1) is 0 Å². The number of hydrogen-bond donors (Lipinski definition) is 1. The lowest BCUT2D eigenvalue weighted by Crippen LogP contribution is -2.15. The van der Waals surface area contributed by atoms with Crippen LogP contribution in [0.1, 0.15) is 285 Å². The molecular weight excluding hydrogens is 787 g/mol. The zero-order chi connectivity index (χ0) is 46.8. The van der Waals surface area contributed by atoms with Crippen LogP contribution in [0.3, 0.4) is 0 Å². The molecule has 0 saturated carbocycles. The third-order valence-corrected chi connectivity index (χ3v) is 12.1. The highest BCUT2D eigenvalue weighted by atomic mass is 16.5. The molecule has 0 aromatic carbocycles. The van der Waals surface area contributed by atoms with Gasteiger partial charge in [0.05, 0.1) is 25.4 Å². The van der Waals surface area contributed by atoms with E-state index < -0.39 is 0 Å². The van der Waals surface area contributed by atoms with Crippen LogP contribution < -0.4 is 0 Å². The first-order valence-electron chi connectivity index (χ1n) is 28.1. The Bertz CT molecular complexity index is 1020. The van der Waals surface area contributed by atoms with E-state index in [9.17, 15) is 5.11 Å². The average Bonchev–Trinajstić information content (AvgIpc) is 3.30. The first-order chi connectivity index (χ1) is 31.7. The van der Waals surface area contributed by atoms with Gasteiger partial charge >= 0.3 is 0 Å². The van der Waals surface area contributed by atoms with Crippen LogP contribution in [0, 0.1) is 0 Å². The molecule has 0 aromatic heterocycles. The molecule has 6 nitrogen and oxygen atoms in total. The van der Waals surface area contributed by atoms with E-state index in [0.29, 0.717) is 13.2 Å². The minimum absolute atomic E-state index is 0.00949. The molecule has 376 valence electrons. The van der Waals surface area contributed by atoms with E-state index in [1.165, 1.54) is 205 Å². The predicted octanol–water partition coefficient (Wildman–Crippen LogP) is 20.0. The molecule has 0 heterocycles. The van der Waals surface area contributed by atoms with Crippen molar-refractivity contribution in [1.82, 2.24) is 0 Å². The molecule has 0 radical (unpaired) electrons. The van der Waals surface area contributed by atoms with Crippen molar-refractivity contribution in [1.29, 1.82) is 0 Å². The summed E-state index contributed by atoms with van der Waals surface area (Å²) in [6.07, 6.45) is 68.8. The summed E-state index contributed by atoms with van der Waals surface area (Å²) in [5, 5.41) is 13.9. The van der Waals surface area contributed by atoms with E-state index in [2.05, 4.69) is 86.3 Å². The SMILES string of the molecule is CCCCC/C=C\C/C=C\CCCCCCCCOC[C@H](CCCCCCCCC)N=[N+]=[N-].CCCCC/C=C\C/C=C\CCCCCCCCOC[C@H](O)CCCCCCCCC. The lowest BCUT2D eigenvalue weighted by molar-refractivity contribution is 0.0297. The molecular formula is C58H111N3O3. The molecule has 0 aliphatic carbocycles. The number of ether oxygens (including phenoxy) is 2. The minimum Gasteiger partial charge on any atom is -0.391 e. The lowest BCUT2D eigenvalue weighted by atomic mass is 10.1. The number of aliphatic hydroxyl groups excluding tert-OH is 1. The molecule has 6 heteroatoms.